The van der Waals surface area contributed by atoms with Gasteiger partial charge in [0, 0.05) is 31.7 Å². The number of aromatic nitrogens is 2. The third-order valence-electron chi connectivity index (χ3n) is 4.80. The minimum absolute atomic E-state index is 0.0116. The molecule has 1 saturated carbocycles. The number of hydrogen-bond acceptors (Lipinski definition) is 5. The molecule has 23 heavy (non-hydrogen) atoms. The monoisotopic (exact) mass is 338 g/mol. The fourth-order valence-electron chi connectivity index (χ4n) is 3.44. The number of nitrogens with one attached hydrogen (secondary N) is 1. The maximum absolute atomic E-state index is 12.6. The summed E-state index contributed by atoms with van der Waals surface area (Å²) in [5.74, 6) is 0.411. The number of amides is 1. The normalized spacial score (nSPS) is 24.7. The van der Waals surface area contributed by atoms with E-state index in [-0.39, 0.29) is 35.2 Å². The van der Waals surface area contributed by atoms with Crippen molar-refractivity contribution >= 4 is 23.5 Å². The van der Waals surface area contributed by atoms with Crippen LogP contribution in [0.1, 0.15) is 49.0 Å². The van der Waals surface area contributed by atoms with E-state index in [9.17, 15) is 9.90 Å². The SMILES string of the molecule is O=C(NC1CCCCC1CO)c1nc(N2CCCC2)ncc1Cl. The van der Waals surface area contributed by atoms with Gasteiger partial charge in [0.05, 0.1) is 11.2 Å². The standard InChI is InChI=1S/C16H23ClN4O2/c17-12-9-18-16(21-7-3-4-8-21)20-14(12)15(23)19-13-6-2-1-5-11(13)10-22/h9,11,13,22H,1-8,10H2,(H,19,23). The van der Waals surface area contributed by atoms with Gasteiger partial charge in [0.1, 0.15) is 0 Å². The summed E-state index contributed by atoms with van der Waals surface area (Å²) in [5, 5.41) is 12.7. The summed E-state index contributed by atoms with van der Waals surface area (Å²) in [5.41, 5.74) is 0.228. The quantitative estimate of drug-likeness (QED) is 0.878. The highest BCUT2D eigenvalue weighted by Gasteiger charge is 2.28. The molecule has 0 radical (unpaired) electrons. The number of aliphatic hydroxyl groups is 1. The van der Waals surface area contributed by atoms with Gasteiger partial charge in [-0.3, -0.25) is 4.79 Å². The van der Waals surface area contributed by atoms with Crippen molar-refractivity contribution in [3.8, 4) is 0 Å². The molecular formula is C16H23ClN4O2. The van der Waals surface area contributed by atoms with Gasteiger partial charge >= 0.3 is 0 Å². The molecule has 3 rings (SSSR count). The molecule has 0 bridgehead atoms. The number of hydrogen-bond donors (Lipinski definition) is 2. The summed E-state index contributed by atoms with van der Waals surface area (Å²) >= 11 is 6.13. The Bertz CT molecular complexity index is 563. The average Bonchev–Trinajstić information content (AvgIpc) is 3.10. The third-order valence-corrected chi connectivity index (χ3v) is 5.07. The lowest BCUT2D eigenvalue weighted by atomic mass is 9.85. The lowest BCUT2D eigenvalue weighted by molar-refractivity contribution is 0.0867. The molecule has 1 aliphatic carbocycles. The summed E-state index contributed by atoms with van der Waals surface area (Å²) in [4.78, 5) is 23.3. The first kappa shape index (κ1) is 16.5. The van der Waals surface area contributed by atoms with Gasteiger partial charge in [-0.05, 0) is 25.7 Å². The van der Waals surface area contributed by atoms with Crippen LogP contribution in [0.4, 0.5) is 5.95 Å². The van der Waals surface area contributed by atoms with Crippen molar-refractivity contribution in [2.24, 2.45) is 5.92 Å². The average molecular weight is 339 g/mol. The van der Waals surface area contributed by atoms with Crippen LogP contribution < -0.4 is 10.2 Å². The molecule has 2 atom stereocenters. The molecule has 6 nitrogen and oxygen atoms in total. The van der Waals surface area contributed by atoms with Crippen LogP contribution in [0.5, 0.6) is 0 Å². The summed E-state index contributed by atoms with van der Waals surface area (Å²) in [6.07, 6.45) is 7.74. The van der Waals surface area contributed by atoms with Gasteiger partial charge in [0.15, 0.2) is 5.69 Å². The minimum Gasteiger partial charge on any atom is -0.396 e. The van der Waals surface area contributed by atoms with Gasteiger partial charge in [0.2, 0.25) is 5.95 Å². The fraction of sp³-hybridized carbons (Fsp3) is 0.688. The van der Waals surface area contributed by atoms with Crippen LogP contribution in [-0.2, 0) is 0 Å². The zero-order valence-corrected chi connectivity index (χ0v) is 13.9. The molecule has 0 aromatic carbocycles. The first-order chi connectivity index (χ1) is 11.2. The zero-order valence-electron chi connectivity index (χ0n) is 13.2. The Morgan fingerprint density at radius 1 is 1.30 bits per heavy atom. The summed E-state index contributed by atoms with van der Waals surface area (Å²) in [6, 6.07) is -0.0116. The smallest absolute Gasteiger partial charge is 0.271 e. The molecule has 1 aromatic rings. The van der Waals surface area contributed by atoms with Gasteiger partial charge in [-0.1, -0.05) is 24.4 Å². The van der Waals surface area contributed by atoms with E-state index in [1.165, 1.54) is 6.20 Å². The molecule has 1 saturated heterocycles. The lowest BCUT2D eigenvalue weighted by Crippen LogP contribution is -2.43. The van der Waals surface area contributed by atoms with Crippen molar-refractivity contribution in [3.63, 3.8) is 0 Å². The van der Waals surface area contributed by atoms with Crippen molar-refractivity contribution < 1.29 is 9.90 Å². The fourth-order valence-corrected chi connectivity index (χ4v) is 3.62. The van der Waals surface area contributed by atoms with Crippen molar-refractivity contribution in [2.45, 2.75) is 44.6 Å². The molecule has 0 spiro atoms. The highest BCUT2D eigenvalue weighted by Crippen LogP contribution is 2.25. The topological polar surface area (TPSA) is 78.3 Å². The van der Waals surface area contributed by atoms with Crippen LogP contribution in [0.15, 0.2) is 6.20 Å². The van der Waals surface area contributed by atoms with Crippen molar-refractivity contribution in [3.05, 3.63) is 16.9 Å². The second kappa shape index (κ2) is 7.45. The highest BCUT2D eigenvalue weighted by atomic mass is 35.5. The van der Waals surface area contributed by atoms with Gasteiger partial charge in [-0.25, -0.2) is 9.97 Å². The molecule has 1 amide bonds. The van der Waals surface area contributed by atoms with E-state index in [4.69, 9.17) is 11.6 Å². The Kier molecular flexibility index (Phi) is 5.33. The molecule has 2 heterocycles. The molecule has 1 aliphatic heterocycles. The van der Waals surface area contributed by atoms with E-state index in [2.05, 4.69) is 20.2 Å². The molecule has 2 unspecified atom stereocenters. The minimum atomic E-state index is -0.275. The summed E-state index contributed by atoms with van der Waals surface area (Å²) < 4.78 is 0. The Balaban J connectivity index is 1.74. The first-order valence-electron chi connectivity index (χ1n) is 8.38. The van der Waals surface area contributed by atoms with E-state index >= 15 is 0 Å². The van der Waals surface area contributed by atoms with Gasteiger partial charge in [0.25, 0.3) is 5.91 Å². The number of aliphatic hydroxyl groups excluding tert-OH is 1. The summed E-state index contributed by atoms with van der Waals surface area (Å²) in [7, 11) is 0. The second-order valence-corrected chi connectivity index (χ2v) is 6.77. The van der Waals surface area contributed by atoms with Crippen LogP contribution in [0.3, 0.4) is 0 Å². The second-order valence-electron chi connectivity index (χ2n) is 6.37. The lowest BCUT2D eigenvalue weighted by Gasteiger charge is -2.30. The zero-order chi connectivity index (χ0) is 16.2. The Labute approximate surface area is 141 Å². The van der Waals surface area contributed by atoms with Gasteiger partial charge in [-0.15, -0.1) is 0 Å². The molecule has 126 valence electrons. The van der Waals surface area contributed by atoms with Gasteiger partial charge < -0.3 is 15.3 Å². The van der Waals surface area contributed by atoms with E-state index < -0.39 is 0 Å². The van der Waals surface area contributed by atoms with E-state index in [1.54, 1.807) is 0 Å². The van der Waals surface area contributed by atoms with Crippen LogP contribution >= 0.6 is 11.6 Å². The number of carbonyl (C=O) groups is 1. The Morgan fingerprint density at radius 3 is 2.78 bits per heavy atom. The predicted molar refractivity (Wildman–Crippen MR) is 88.8 cm³/mol. The van der Waals surface area contributed by atoms with E-state index in [0.717, 1.165) is 51.6 Å². The molecule has 7 heteroatoms. The molecule has 2 fully saturated rings. The number of carbonyl (C=O) groups excluding carboxylic acids is 1. The Hall–Kier alpha value is -1.40. The molecule has 2 aliphatic rings. The van der Waals surface area contributed by atoms with Crippen molar-refractivity contribution in [1.29, 1.82) is 0 Å². The third kappa shape index (κ3) is 3.75. The Morgan fingerprint density at radius 2 is 2.04 bits per heavy atom. The predicted octanol–water partition coefficient (Wildman–Crippen LogP) is 2.01. The maximum Gasteiger partial charge on any atom is 0.271 e. The molecule has 2 N–H and O–H groups in total. The van der Waals surface area contributed by atoms with E-state index in [1.807, 2.05) is 0 Å². The highest BCUT2D eigenvalue weighted by molar-refractivity contribution is 6.33. The number of nitrogens with zero attached hydrogens (tertiary/aromatic N) is 3. The number of halogens is 1. The summed E-state index contributed by atoms with van der Waals surface area (Å²) in [6.45, 7) is 1.93. The van der Waals surface area contributed by atoms with E-state index in [0.29, 0.717) is 5.95 Å². The van der Waals surface area contributed by atoms with Crippen LogP contribution in [0.25, 0.3) is 0 Å². The van der Waals surface area contributed by atoms with Gasteiger partial charge in [-0.2, -0.15) is 0 Å². The first-order valence-corrected chi connectivity index (χ1v) is 8.76. The maximum atomic E-state index is 12.6. The largest absolute Gasteiger partial charge is 0.396 e. The number of anilines is 1. The van der Waals surface area contributed by atoms with Crippen LogP contribution in [0, 0.1) is 5.92 Å². The molecule has 1 aromatic heterocycles. The number of rotatable bonds is 4. The van der Waals surface area contributed by atoms with Crippen molar-refractivity contribution in [2.75, 3.05) is 24.6 Å². The van der Waals surface area contributed by atoms with Crippen molar-refractivity contribution in [1.82, 2.24) is 15.3 Å². The van der Waals surface area contributed by atoms with Crippen LogP contribution in [0.2, 0.25) is 5.02 Å². The van der Waals surface area contributed by atoms with Crippen LogP contribution in [-0.4, -0.2) is 46.7 Å². The molecular weight excluding hydrogens is 316 g/mol.